The predicted molar refractivity (Wildman–Crippen MR) is 89.0 cm³/mol. The number of furan rings is 1. The molecule has 0 bridgehead atoms. The van der Waals surface area contributed by atoms with Crippen molar-refractivity contribution in [2.45, 2.75) is 32.9 Å². The van der Waals surface area contributed by atoms with Crippen molar-refractivity contribution < 1.29 is 4.42 Å². The van der Waals surface area contributed by atoms with Crippen molar-refractivity contribution in [1.29, 1.82) is 0 Å². The van der Waals surface area contributed by atoms with Crippen molar-refractivity contribution in [2.75, 3.05) is 6.54 Å². The van der Waals surface area contributed by atoms with Gasteiger partial charge in [0, 0.05) is 50.1 Å². The van der Waals surface area contributed by atoms with Crippen LogP contribution in [-0.2, 0) is 25.9 Å². The quantitative estimate of drug-likeness (QED) is 0.736. The Bertz CT molecular complexity index is 830. The highest BCUT2D eigenvalue weighted by Gasteiger charge is 2.20. The molecule has 122 valence electrons. The fourth-order valence-electron chi connectivity index (χ4n) is 2.98. The molecule has 0 saturated heterocycles. The number of hydrogen-bond acceptors (Lipinski definition) is 6. The van der Waals surface area contributed by atoms with Crippen molar-refractivity contribution in [3.8, 4) is 11.4 Å². The summed E-state index contributed by atoms with van der Waals surface area (Å²) < 4.78 is 5.81. The molecule has 4 rings (SSSR count). The maximum Gasteiger partial charge on any atom is 0.162 e. The highest BCUT2D eigenvalue weighted by molar-refractivity contribution is 5.52. The Kier molecular flexibility index (Phi) is 4.04. The predicted octanol–water partition coefficient (Wildman–Crippen LogP) is 2.65. The van der Waals surface area contributed by atoms with E-state index >= 15 is 0 Å². The first-order chi connectivity index (χ1) is 11.8. The van der Waals surface area contributed by atoms with Gasteiger partial charge in [0.25, 0.3) is 0 Å². The molecule has 1 aliphatic heterocycles. The van der Waals surface area contributed by atoms with Gasteiger partial charge in [-0.25, -0.2) is 19.9 Å². The number of aryl methyl sites for hydroxylation is 1. The third-order valence-electron chi connectivity index (χ3n) is 4.28. The van der Waals surface area contributed by atoms with Gasteiger partial charge in [-0.05, 0) is 12.1 Å². The minimum absolute atomic E-state index is 0.696. The van der Waals surface area contributed by atoms with Crippen LogP contribution in [0.15, 0.2) is 41.5 Å². The van der Waals surface area contributed by atoms with Crippen LogP contribution in [-0.4, -0.2) is 31.4 Å². The molecule has 6 heteroatoms. The Hall–Kier alpha value is -2.60. The number of nitrogens with zero attached hydrogens (tertiary/aromatic N) is 5. The summed E-state index contributed by atoms with van der Waals surface area (Å²) in [5.41, 5.74) is 3.16. The molecule has 24 heavy (non-hydrogen) atoms. The van der Waals surface area contributed by atoms with Crippen molar-refractivity contribution in [1.82, 2.24) is 24.8 Å². The minimum Gasteiger partial charge on any atom is -0.465 e. The van der Waals surface area contributed by atoms with E-state index in [1.807, 2.05) is 6.20 Å². The number of hydrogen-bond donors (Lipinski definition) is 0. The lowest BCUT2D eigenvalue weighted by molar-refractivity contribution is 0.221. The topological polar surface area (TPSA) is 67.9 Å². The summed E-state index contributed by atoms with van der Waals surface area (Å²) in [5, 5.41) is 0. The first-order valence-electron chi connectivity index (χ1n) is 8.22. The smallest absolute Gasteiger partial charge is 0.162 e. The van der Waals surface area contributed by atoms with Crippen molar-refractivity contribution in [3.63, 3.8) is 0 Å². The summed E-state index contributed by atoms with van der Waals surface area (Å²) in [6, 6.07) is 4.13. The van der Waals surface area contributed by atoms with Crippen LogP contribution in [0, 0.1) is 0 Å². The first-order valence-corrected chi connectivity index (χ1v) is 8.22. The Morgan fingerprint density at radius 3 is 2.75 bits per heavy atom. The van der Waals surface area contributed by atoms with Crippen LogP contribution in [0.1, 0.15) is 29.7 Å². The molecule has 6 nitrogen and oxygen atoms in total. The maximum atomic E-state index is 5.81. The van der Waals surface area contributed by atoms with E-state index in [9.17, 15) is 0 Å². The van der Waals surface area contributed by atoms with Crippen LogP contribution in [0.4, 0.5) is 0 Å². The van der Waals surface area contributed by atoms with E-state index in [2.05, 4.69) is 38.9 Å². The monoisotopic (exact) mass is 321 g/mol. The molecule has 0 aromatic carbocycles. The molecular weight excluding hydrogens is 302 g/mol. The Morgan fingerprint density at radius 1 is 1.12 bits per heavy atom. The highest BCUT2D eigenvalue weighted by Crippen LogP contribution is 2.22. The van der Waals surface area contributed by atoms with E-state index in [-0.39, 0.29) is 0 Å². The molecule has 1 aliphatic rings. The van der Waals surface area contributed by atoms with Gasteiger partial charge in [-0.3, -0.25) is 4.90 Å². The zero-order valence-electron chi connectivity index (χ0n) is 13.6. The molecule has 3 aromatic rings. The molecule has 0 amide bonds. The van der Waals surface area contributed by atoms with Crippen LogP contribution in [0.2, 0.25) is 0 Å². The van der Waals surface area contributed by atoms with E-state index in [0.717, 1.165) is 55.3 Å². The second-order valence-electron chi connectivity index (χ2n) is 5.97. The highest BCUT2D eigenvalue weighted by atomic mass is 16.3. The fraction of sp³-hybridized carbons (Fsp3) is 0.333. The fourth-order valence-corrected chi connectivity index (χ4v) is 2.98. The summed E-state index contributed by atoms with van der Waals surface area (Å²) in [6.45, 7) is 4.75. The van der Waals surface area contributed by atoms with E-state index in [0.29, 0.717) is 5.82 Å². The van der Waals surface area contributed by atoms with Gasteiger partial charge in [-0.1, -0.05) is 6.92 Å². The average molecular weight is 321 g/mol. The van der Waals surface area contributed by atoms with Crippen LogP contribution < -0.4 is 0 Å². The molecule has 4 heterocycles. The van der Waals surface area contributed by atoms with Crippen LogP contribution in [0.5, 0.6) is 0 Å². The molecule has 0 unspecified atom stereocenters. The molecule has 0 fully saturated rings. The molecule has 0 spiro atoms. The largest absolute Gasteiger partial charge is 0.465 e. The van der Waals surface area contributed by atoms with E-state index in [1.165, 1.54) is 11.9 Å². The lowest BCUT2D eigenvalue weighted by atomic mass is 10.1. The van der Waals surface area contributed by atoms with E-state index < -0.39 is 0 Å². The number of aromatic nitrogens is 4. The number of fused-ring (bicyclic) bond motifs is 1. The standard InChI is InChI=1S/C18H19N5O/c1-2-15-3-4-16(24-15)11-23-6-5-17-14(10-23)9-21-18(22-17)13-7-19-12-20-8-13/h3-4,7-9,12H,2,5-6,10-11H2,1H3. The van der Waals surface area contributed by atoms with Gasteiger partial charge in [-0.15, -0.1) is 0 Å². The second kappa shape index (κ2) is 6.49. The van der Waals surface area contributed by atoms with Crippen LogP contribution in [0.3, 0.4) is 0 Å². The molecule has 0 N–H and O–H groups in total. The SMILES string of the molecule is CCc1ccc(CN2CCc3nc(-c4cncnc4)ncc3C2)o1. The molecule has 0 atom stereocenters. The summed E-state index contributed by atoms with van der Waals surface area (Å²) in [6.07, 6.45) is 8.77. The lowest BCUT2D eigenvalue weighted by Crippen LogP contribution is -2.30. The normalized spacial score (nSPS) is 14.5. The van der Waals surface area contributed by atoms with Gasteiger partial charge in [0.1, 0.15) is 17.8 Å². The van der Waals surface area contributed by atoms with Gasteiger partial charge in [0.05, 0.1) is 17.8 Å². The van der Waals surface area contributed by atoms with E-state index in [4.69, 9.17) is 9.40 Å². The van der Waals surface area contributed by atoms with Gasteiger partial charge < -0.3 is 4.42 Å². The summed E-state index contributed by atoms with van der Waals surface area (Å²) in [7, 11) is 0. The van der Waals surface area contributed by atoms with Crippen LogP contribution in [0.25, 0.3) is 11.4 Å². The molecule has 3 aromatic heterocycles. The Balaban J connectivity index is 1.49. The van der Waals surface area contributed by atoms with Crippen molar-refractivity contribution in [3.05, 3.63) is 59.8 Å². The first kappa shape index (κ1) is 15.0. The zero-order chi connectivity index (χ0) is 16.4. The van der Waals surface area contributed by atoms with Crippen molar-refractivity contribution >= 4 is 0 Å². The third kappa shape index (κ3) is 3.05. The van der Waals surface area contributed by atoms with E-state index in [1.54, 1.807) is 12.4 Å². The number of rotatable bonds is 4. The lowest BCUT2D eigenvalue weighted by Gasteiger charge is -2.27. The summed E-state index contributed by atoms with van der Waals surface area (Å²) in [4.78, 5) is 19.6. The molecular formula is C18H19N5O. The van der Waals surface area contributed by atoms with Gasteiger partial charge in [0.2, 0.25) is 0 Å². The summed E-state index contributed by atoms with van der Waals surface area (Å²) in [5.74, 6) is 2.76. The summed E-state index contributed by atoms with van der Waals surface area (Å²) >= 11 is 0. The average Bonchev–Trinajstić information content (AvgIpc) is 3.09. The molecule has 0 radical (unpaired) electrons. The molecule has 0 aliphatic carbocycles. The van der Waals surface area contributed by atoms with Crippen LogP contribution >= 0.6 is 0 Å². The Labute approximate surface area is 140 Å². The zero-order valence-corrected chi connectivity index (χ0v) is 13.6. The van der Waals surface area contributed by atoms with Gasteiger partial charge in [0.15, 0.2) is 5.82 Å². The Morgan fingerprint density at radius 2 is 1.96 bits per heavy atom. The maximum absolute atomic E-state index is 5.81. The second-order valence-corrected chi connectivity index (χ2v) is 5.97. The van der Waals surface area contributed by atoms with Gasteiger partial charge >= 0.3 is 0 Å². The molecule has 0 saturated carbocycles. The minimum atomic E-state index is 0.696. The van der Waals surface area contributed by atoms with Gasteiger partial charge in [-0.2, -0.15) is 0 Å². The van der Waals surface area contributed by atoms with Crippen molar-refractivity contribution in [2.24, 2.45) is 0 Å². The third-order valence-corrected chi connectivity index (χ3v) is 4.28.